The van der Waals surface area contributed by atoms with E-state index in [1.807, 2.05) is 17.0 Å². The Morgan fingerprint density at radius 2 is 1.55 bits per heavy atom. The van der Waals surface area contributed by atoms with Crippen LogP contribution in [0.3, 0.4) is 0 Å². The maximum atomic E-state index is 13.2. The molecule has 1 aliphatic rings. The third kappa shape index (κ3) is 4.60. The van der Waals surface area contributed by atoms with Crippen molar-refractivity contribution in [3.63, 3.8) is 0 Å². The first-order valence-corrected chi connectivity index (χ1v) is 10.5. The molecule has 3 amide bonds. The van der Waals surface area contributed by atoms with Crippen LogP contribution in [0.25, 0.3) is 10.9 Å². The van der Waals surface area contributed by atoms with Gasteiger partial charge in [-0.25, -0.2) is 0 Å². The zero-order valence-electron chi connectivity index (χ0n) is 17.7. The number of hydrogen-bond donors (Lipinski definition) is 3. The molecule has 0 bridgehead atoms. The van der Waals surface area contributed by atoms with E-state index in [1.54, 1.807) is 18.2 Å². The van der Waals surface area contributed by atoms with Gasteiger partial charge < -0.3 is 20.5 Å². The lowest BCUT2D eigenvalue weighted by Crippen LogP contribution is -2.38. The molecule has 7 heteroatoms. The van der Waals surface area contributed by atoms with Crippen LogP contribution in [0, 0.1) is 0 Å². The summed E-state index contributed by atoms with van der Waals surface area (Å²) >= 11 is 0. The summed E-state index contributed by atoms with van der Waals surface area (Å²) in [7, 11) is 0. The van der Waals surface area contributed by atoms with Crippen molar-refractivity contribution in [1.82, 2.24) is 9.88 Å². The number of carbonyl (C=O) groups is 3. The van der Waals surface area contributed by atoms with Gasteiger partial charge in [0.2, 0.25) is 11.8 Å². The molecule has 7 nitrogen and oxygen atoms in total. The van der Waals surface area contributed by atoms with Crippen LogP contribution in [0.1, 0.15) is 48.5 Å². The number of rotatable bonds is 4. The molecule has 0 saturated carbocycles. The standard InChI is InChI=1S/C24H26N4O3/c1-15(29)26-19-11-18(12-20(13-19)27-16(2)30)24(31)28-9-7-17(8-10-28)22-14-25-23-6-4-3-5-21(22)23/h3-6,11-14,17,25H,7-10H2,1-2H3,(H,26,29)(H,27,30). The van der Waals surface area contributed by atoms with Gasteiger partial charge >= 0.3 is 0 Å². The summed E-state index contributed by atoms with van der Waals surface area (Å²) in [4.78, 5) is 41.3. The number of amides is 3. The van der Waals surface area contributed by atoms with E-state index in [1.165, 1.54) is 24.8 Å². The van der Waals surface area contributed by atoms with Crippen LogP contribution in [-0.2, 0) is 9.59 Å². The number of aromatic nitrogens is 1. The molecular weight excluding hydrogens is 392 g/mol. The van der Waals surface area contributed by atoms with Gasteiger partial charge in [-0.05, 0) is 48.6 Å². The van der Waals surface area contributed by atoms with Gasteiger partial charge in [-0.2, -0.15) is 0 Å². The first-order chi connectivity index (χ1) is 14.9. The number of nitrogens with one attached hydrogen (secondary N) is 3. The Kier molecular flexibility index (Phi) is 5.75. The second-order valence-corrected chi connectivity index (χ2v) is 8.02. The van der Waals surface area contributed by atoms with Crippen LogP contribution in [0.2, 0.25) is 0 Å². The van der Waals surface area contributed by atoms with Gasteiger partial charge in [-0.1, -0.05) is 18.2 Å². The molecular formula is C24H26N4O3. The largest absolute Gasteiger partial charge is 0.361 e. The first-order valence-electron chi connectivity index (χ1n) is 10.5. The molecule has 0 spiro atoms. The van der Waals surface area contributed by atoms with Crippen molar-refractivity contribution in [1.29, 1.82) is 0 Å². The number of nitrogens with zero attached hydrogens (tertiary/aromatic N) is 1. The van der Waals surface area contributed by atoms with Crippen molar-refractivity contribution in [2.24, 2.45) is 0 Å². The fourth-order valence-corrected chi connectivity index (χ4v) is 4.31. The highest BCUT2D eigenvalue weighted by Crippen LogP contribution is 2.33. The van der Waals surface area contributed by atoms with Crippen LogP contribution in [0.15, 0.2) is 48.7 Å². The normalized spacial score (nSPS) is 14.5. The number of hydrogen-bond acceptors (Lipinski definition) is 3. The van der Waals surface area contributed by atoms with Crippen molar-refractivity contribution in [2.75, 3.05) is 23.7 Å². The summed E-state index contributed by atoms with van der Waals surface area (Å²) in [6.07, 6.45) is 3.86. The number of para-hydroxylation sites is 1. The minimum atomic E-state index is -0.238. The molecule has 160 valence electrons. The van der Waals surface area contributed by atoms with Gasteiger partial charge in [0.05, 0.1) is 0 Å². The molecule has 1 aliphatic heterocycles. The Hall–Kier alpha value is -3.61. The fraction of sp³-hybridized carbons (Fsp3) is 0.292. The number of fused-ring (bicyclic) bond motifs is 1. The predicted octanol–water partition coefficient (Wildman–Crippen LogP) is 4.10. The van der Waals surface area contributed by atoms with Gasteiger partial charge in [0, 0.05) is 61.0 Å². The minimum Gasteiger partial charge on any atom is -0.361 e. The maximum Gasteiger partial charge on any atom is 0.254 e. The summed E-state index contributed by atoms with van der Waals surface area (Å²) in [6.45, 7) is 4.12. The quantitative estimate of drug-likeness (QED) is 0.595. The summed E-state index contributed by atoms with van der Waals surface area (Å²) in [5, 5.41) is 6.64. The Bertz CT molecular complexity index is 1110. The third-order valence-electron chi connectivity index (χ3n) is 5.66. The summed E-state index contributed by atoms with van der Waals surface area (Å²) in [6, 6.07) is 13.2. The molecule has 4 rings (SSSR count). The zero-order valence-corrected chi connectivity index (χ0v) is 17.7. The molecule has 1 fully saturated rings. The number of piperidine rings is 1. The molecule has 1 aromatic heterocycles. The van der Waals surface area contributed by atoms with E-state index in [0.717, 1.165) is 18.4 Å². The van der Waals surface area contributed by atoms with Crippen LogP contribution < -0.4 is 10.6 Å². The van der Waals surface area contributed by atoms with Crippen molar-refractivity contribution in [3.8, 4) is 0 Å². The second-order valence-electron chi connectivity index (χ2n) is 8.02. The van der Waals surface area contributed by atoms with Gasteiger partial charge in [-0.15, -0.1) is 0 Å². The van der Waals surface area contributed by atoms with Crippen molar-refractivity contribution in [3.05, 3.63) is 59.8 Å². The summed E-state index contributed by atoms with van der Waals surface area (Å²) in [5.74, 6) is -0.173. The van der Waals surface area contributed by atoms with Gasteiger partial charge in [-0.3, -0.25) is 14.4 Å². The van der Waals surface area contributed by atoms with Crippen molar-refractivity contribution < 1.29 is 14.4 Å². The molecule has 31 heavy (non-hydrogen) atoms. The molecule has 0 unspecified atom stereocenters. The molecule has 0 aliphatic carbocycles. The molecule has 1 saturated heterocycles. The first kappa shape index (κ1) is 20.7. The van der Waals surface area contributed by atoms with Gasteiger partial charge in [0.1, 0.15) is 0 Å². The number of anilines is 2. The van der Waals surface area contributed by atoms with E-state index >= 15 is 0 Å². The molecule has 0 atom stereocenters. The van der Waals surface area contributed by atoms with Crippen molar-refractivity contribution >= 4 is 40.0 Å². The smallest absolute Gasteiger partial charge is 0.254 e. The Morgan fingerprint density at radius 1 is 0.935 bits per heavy atom. The molecule has 3 N–H and O–H groups in total. The number of carbonyl (C=O) groups excluding carboxylic acids is 3. The fourth-order valence-electron chi connectivity index (χ4n) is 4.31. The third-order valence-corrected chi connectivity index (χ3v) is 5.66. The Balaban J connectivity index is 1.50. The highest BCUT2D eigenvalue weighted by molar-refractivity contribution is 6.00. The number of benzene rings is 2. The Labute approximate surface area is 180 Å². The summed E-state index contributed by atoms with van der Waals surface area (Å²) in [5.41, 5.74) is 3.85. The number of H-pyrrole nitrogens is 1. The van der Waals surface area contributed by atoms with E-state index in [0.29, 0.717) is 35.9 Å². The number of likely N-dealkylation sites (tertiary alicyclic amines) is 1. The number of aromatic amines is 1. The molecule has 2 aromatic carbocycles. The minimum absolute atomic E-state index is 0.101. The van der Waals surface area contributed by atoms with Gasteiger partial charge in [0.15, 0.2) is 0 Å². The molecule has 3 aromatic rings. The van der Waals surface area contributed by atoms with Crippen LogP contribution in [-0.4, -0.2) is 40.7 Å². The average molecular weight is 418 g/mol. The lowest BCUT2D eigenvalue weighted by molar-refractivity contribution is -0.115. The van der Waals surface area contributed by atoms with Gasteiger partial charge in [0.25, 0.3) is 5.91 Å². The molecule has 2 heterocycles. The van der Waals surface area contributed by atoms with Crippen molar-refractivity contribution in [2.45, 2.75) is 32.6 Å². The monoisotopic (exact) mass is 418 g/mol. The second kappa shape index (κ2) is 8.63. The average Bonchev–Trinajstić information content (AvgIpc) is 3.16. The van der Waals surface area contributed by atoms with E-state index in [2.05, 4.69) is 33.9 Å². The van der Waals surface area contributed by atoms with E-state index in [-0.39, 0.29) is 17.7 Å². The van der Waals surface area contributed by atoms with E-state index < -0.39 is 0 Å². The van der Waals surface area contributed by atoms with E-state index in [4.69, 9.17) is 0 Å². The zero-order chi connectivity index (χ0) is 22.0. The molecule has 0 radical (unpaired) electrons. The Morgan fingerprint density at radius 3 is 2.16 bits per heavy atom. The maximum absolute atomic E-state index is 13.2. The van der Waals surface area contributed by atoms with Crippen LogP contribution >= 0.6 is 0 Å². The highest BCUT2D eigenvalue weighted by atomic mass is 16.2. The summed E-state index contributed by atoms with van der Waals surface area (Å²) < 4.78 is 0. The SMILES string of the molecule is CC(=O)Nc1cc(NC(C)=O)cc(C(=O)N2CCC(c3c[nH]c4ccccc34)CC2)c1. The lowest BCUT2D eigenvalue weighted by Gasteiger charge is -2.32. The lowest BCUT2D eigenvalue weighted by atomic mass is 9.89. The van der Waals surface area contributed by atoms with Crippen LogP contribution in [0.4, 0.5) is 11.4 Å². The van der Waals surface area contributed by atoms with Crippen LogP contribution in [0.5, 0.6) is 0 Å². The highest BCUT2D eigenvalue weighted by Gasteiger charge is 2.26. The topological polar surface area (TPSA) is 94.3 Å². The van der Waals surface area contributed by atoms with E-state index in [9.17, 15) is 14.4 Å². The predicted molar refractivity (Wildman–Crippen MR) is 121 cm³/mol.